The van der Waals surface area contributed by atoms with E-state index in [0.717, 1.165) is 0 Å². The molecule has 17 heavy (non-hydrogen) atoms. The monoisotopic (exact) mass is 237 g/mol. The maximum atomic E-state index is 10.9. The van der Waals surface area contributed by atoms with Gasteiger partial charge in [-0.15, -0.1) is 0 Å². The Balaban J connectivity index is 3.30. The lowest BCUT2D eigenvalue weighted by atomic mass is 10.0. The molecule has 6 nitrogen and oxygen atoms in total. The number of ether oxygens (including phenoxy) is 1. The van der Waals surface area contributed by atoms with Crippen molar-refractivity contribution in [3.63, 3.8) is 0 Å². The molecular weight excluding hydrogens is 226 g/mol. The highest BCUT2D eigenvalue weighted by Crippen LogP contribution is 2.30. The summed E-state index contributed by atoms with van der Waals surface area (Å²) in [5.41, 5.74) is -0.0874. The molecule has 0 heterocycles. The van der Waals surface area contributed by atoms with E-state index in [9.17, 15) is 15.0 Å². The maximum Gasteiger partial charge on any atom is 0.339 e. The molecule has 1 aromatic rings. The van der Waals surface area contributed by atoms with Crippen LogP contribution < -0.4 is 4.74 Å². The Bertz CT molecular complexity index is 465. The third kappa shape index (κ3) is 2.53. The molecule has 3 N–H and O–H groups in total. The van der Waals surface area contributed by atoms with Gasteiger partial charge in [0.25, 0.3) is 0 Å². The van der Waals surface area contributed by atoms with Gasteiger partial charge in [-0.2, -0.15) is 5.26 Å². The number of carboxylic acid groups (broad SMARTS) is 1. The van der Waals surface area contributed by atoms with Crippen molar-refractivity contribution >= 4 is 5.97 Å². The van der Waals surface area contributed by atoms with Crippen molar-refractivity contribution in [3.8, 4) is 11.8 Å². The minimum atomic E-state index is -1.65. The van der Waals surface area contributed by atoms with E-state index >= 15 is 0 Å². The van der Waals surface area contributed by atoms with Gasteiger partial charge < -0.3 is 20.1 Å². The lowest BCUT2D eigenvalue weighted by Gasteiger charge is -2.16. The highest BCUT2D eigenvalue weighted by atomic mass is 16.5. The molecule has 0 aliphatic rings. The molecule has 0 saturated carbocycles. The number of hydrogen-bond acceptors (Lipinski definition) is 5. The van der Waals surface area contributed by atoms with E-state index in [2.05, 4.69) is 0 Å². The summed E-state index contributed by atoms with van der Waals surface area (Å²) < 4.78 is 4.89. The summed E-state index contributed by atoms with van der Waals surface area (Å²) in [6, 6.07) is 5.55. The maximum absolute atomic E-state index is 10.9. The first-order valence-electron chi connectivity index (χ1n) is 4.68. The average Bonchev–Trinajstić information content (AvgIpc) is 2.35. The number of nitriles is 1. The normalized spacial score (nSPS) is 13.5. The Labute approximate surface area is 97.3 Å². The Hall–Kier alpha value is -2.10. The second-order valence-electron chi connectivity index (χ2n) is 3.25. The zero-order chi connectivity index (χ0) is 13.0. The molecule has 2 atom stereocenters. The van der Waals surface area contributed by atoms with Crippen LogP contribution in [0.1, 0.15) is 22.0 Å². The van der Waals surface area contributed by atoms with Crippen molar-refractivity contribution in [1.82, 2.24) is 0 Å². The topological polar surface area (TPSA) is 111 Å². The summed E-state index contributed by atoms with van der Waals surface area (Å²) in [7, 11) is 1.25. The lowest BCUT2D eigenvalue weighted by Crippen LogP contribution is -2.17. The van der Waals surface area contributed by atoms with Crippen LogP contribution in [0, 0.1) is 11.3 Å². The summed E-state index contributed by atoms with van der Waals surface area (Å²) >= 11 is 0. The van der Waals surface area contributed by atoms with Crippen LogP contribution in [0.4, 0.5) is 0 Å². The molecule has 0 bridgehead atoms. The van der Waals surface area contributed by atoms with E-state index in [4.69, 9.17) is 15.1 Å². The van der Waals surface area contributed by atoms with Gasteiger partial charge in [0.2, 0.25) is 0 Å². The number of para-hydroxylation sites is 1. The fourth-order valence-electron chi connectivity index (χ4n) is 1.42. The third-order valence-corrected chi connectivity index (χ3v) is 2.23. The fourth-order valence-corrected chi connectivity index (χ4v) is 1.42. The molecule has 0 fully saturated rings. The second-order valence-corrected chi connectivity index (χ2v) is 3.25. The summed E-state index contributed by atoms with van der Waals surface area (Å²) in [6.07, 6.45) is -3.16. The lowest BCUT2D eigenvalue weighted by molar-refractivity contribution is 0.0506. The molecule has 0 spiro atoms. The van der Waals surface area contributed by atoms with Crippen LogP contribution in [0.3, 0.4) is 0 Å². The van der Waals surface area contributed by atoms with Gasteiger partial charge in [0.05, 0.1) is 13.2 Å². The van der Waals surface area contributed by atoms with E-state index in [1.807, 2.05) is 0 Å². The number of hydrogen-bond donors (Lipinski definition) is 3. The number of aliphatic hydroxyl groups excluding tert-OH is 2. The zero-order valence-corrected chi connectivity index (χ0v) is 8.99. The van der Waals surface area contributed by atoms with Crippen molar-refractivity contribution in [1.29, 1.82) is 5.26 Å². The molecule has 90 valence electrons. The highest BCUT2D eigenvalue weighted by Gasteiger charge is 2.24. The number of benzene rings is 1. The molecule has 6 heteroatoms. The Morgan fingerprint density at radius 3 is 2.59 bits per heavy atom. The van der Waals surface area contributed by atoms with Crippen LogP contribution in [0.5, 0.6) is 5.75 Å². The molecule has 0 radical (unpaired) electrons. The first kappa shape index (κ1) is 13.0. The van der Waals surface area contributed by atoms with Gasteiger partial charge in [0, 0.05) is 5.56 Å². The quantitative estimate of drug-likeness (QED) is 0.650. The Morgan fingerprint density at radius 2 is 2.12 bits per heavy atom. The molecule has 0 saturated heterocycles. The largest absolute Gasteiger partial charge is 0.495 e. The number of carboxylic acids is 1. The van der Waals surface area contributed by atoms with Gasteiger partial charge in [-0.1, -0.05) is 12.1 Å². The highest BCUT2D eigenvalue weighted by molar-refractivity contribution is 5.91. The number of nitrogens with zero attached hydrogens (tertiary/aromatic N) is 1. The number of rotatable bonds is 4. The predicted octanol–water partition coefficient (Wildman–Crippen LogP) is 0.311. The van der Waals surface area contributed by atoms with Crippen molar-refractivity contribution in [2.75, 3.05) is 7.11 Å². The van der Waals surface area contributed by atoms with Crippen LogP contribution >= 0.6 is 0 Å². The molecule has 1 rings (SSSR count). The summed E-state index contributed by atoms with van der Waals surface area (Å²) in [6.45, 7) is 0. The van der Waals surface area contributed by atoms with Gasteiger partial charge >= 0.3 is 5.97 Å². The Kier molecular flexibility index (Phi) is 4.04. The SMILES string of the molecule is COc1c(C(=O)O)cccc1C(O)C(O)C#N. The zero-order valence-electron chi connectivity index (χ0n) is 8.99. The van der Waals surface area contributed by atoms with E-state index in [1.54, 1.807) is 0 Å². The van der Waals surface area contributed by atoms with Gasteiger partial charge in [0.15, 0.2) is 6.10 Å². The van der Waals surface area contributed by atoms with Gasteiger partial charge in [-0.3, -0.25) is 0 Å². The first-order chi connectivity index (χ1) is 8.02. The van der Waals surface area contributed by atoms with Crippen LogP contribution in [-0.4, -0.2) is 34.5 Å². The van der Waals surface area contributed by atoms with E-state index in [0.29, 0.717) is 0 Å². The van der Waals surface area contributed by atoms with E-state index in [1.165, 1.54) is 31.4 Å². The third-order valence-electron chi connectivity index (χ3n) is 2.23. The molecule has 0 amide bonds. The van der Waals surface area contributed by atoms with Crippen molar-refractivity contribution in [3.05, 3.63) is 29.3 Å². The second kappa shape index (κ2) is 5.30. The minimum Gasteiger partial charge on any atom is -0.495 e. The molecule has 2 unspecified atom stereocenters. The van der Waals surface area contributed by atoms with Crippen molar-refractivity contribution in [2.45, 2.75) is 12.2 Å². The number of carbonyl (C=O) groups is 1. The van der Waals surface area contributed by atoms with Crippen molar-refractivity contribution in [2.24, 2.45) is 0 Å². The Morgan fingerprint density at radius 1 is 1.47 bits per heavy atom. The smallest absolute Gasteiger partial charge is 0.339 e. The van der Waals surface area contributed by atoms with Crippen LogP contribution in [0.25, 0.3) is 0 Å². The minimum absolute atomic E-state index is 0.0569. The molecule has 0 aliphatic heterocycles. The van der Waals surface area contributed by atoms with Crippen LogP contribution in [-0.2, 0) is 0 Å². The first-order valence-corrected chi connectivity index (χ1v) is 4.68. The number of aliphatic hydroxyl groups is 2. The van der Waals surface area contributed by atoms with Gasteiger partial charge in [0.1, 0.15) is 17.4 Å². The predicted molar refractivity (Wildman–Crippen MR) is 56.5 cm³/mol. The number of aromatic carboxylic acids is 1. The molecular formula is C11H11NO5. The van der Waals surface area contributed by atoms with Crippen LogP contribution in [0.15, 0.2) is 18.2 Å². The van der Waals surface area contributed by atoms with Crippen molar-refractivity contribution < 1.29 is 24.9 Å². The summed E-state index contributed by atoms with van der Waals surface area (Å²) in [5.74, 6) is -1.29. The summed E-state index contributed by atoms with van der Waals surface area (Å²) in [4.78, 5) is 10.9. The van der Waals surface area contributed by atoms with Gasteiger partial charge in [-0.05, 0) is 6.07 Å². The van der Waals surface area contributed by atoms with Crippen LogP contribution in [0.2, 0.25) is 0 Å². The average molecular weight is 237 g/mol. The van der Waals surface area contributed by atoms with E-state index < -0.39 is 18.2 Å². The molecule has 1 aromatic carbocycles. The number of methoxy groups -OCH3 is 1. The molecule has 0 aliphatic carbocycles. The fraction of sp³-hybridized carbons (Fsp3) is 0.273. The van der Waals surface area contributed by atoms with E-state index in [-0.39, 0.29) is 16.9 Å². The molecule has 0 aromatic heterocycles. The van der Waals surface area contributed by atoms with Gasteiger partial charge in [-0.25, -0.2) is 4.79 Å². The summed E-state index contributed by atoms with van der Waals surface area (Å²) in [5, 5.41) is 36.3. The standard InChI is InChI=1S/C11H11NO5/c1-17-10-6(9(14)8(13)5-12)3-2-4-7(10)11(15)16/h2-4,8-9,13-14H,1H3,(H,15,16).